The molecule has 0 aliphatic carbocycles. The molecule has 0 heterocycles. The minimum absolute atomic E-state index is 0.0127. The normalized spacial score (nSPS) is 12.1. The van der Waals surface area contributed by atoms with Gasteiger partial charge in [-0.15, -0.1) is 6.58 Å². The predicted octanol–water partition coefficient (Wildman–Crippen LogP) is 1.71. The van der Waals surface area contributed by atoms with Gasteiger partial charge in [-0.3, -0.25) is 0 Å². The second-order valence-corrected chi connectivity index (χ2v) is 2.80. The highest BCUT2D eigenvalue weighted by Crippen LogP contribution is 2.17. The molecule has 0 unspecified atom stereocenters. The Labute approximate surface area is 80.7 Å². The van der Waals surface area contributed by atoms with Crippen molar-refractivity contribution in [1.82, 2.24) is 0 Å². The molecule has 3 N–H and O–H groups in total. The number of carboxylic acids is 1. The van der Waals surface area contributed by atoms with Crippen molar-refractivity contribution in [2.45, 2.75) is 6.04 Å². The van der Waals surface area contributed by atoms with Crippen molar-refractivity contribution >= 4 is 5.97 Å². The Hall–Kier alpha value is -1.68. The van der Waals surface area contributed by atoms with E-state index in [9.17, 15) is 9.18 Å². The molecular weight excluding hydrogens is 185 g/mol. The Kier molecular flexibility index (Phi) is 2.99. The summed E-state index contributed by atoms with van der Waals surface area (Å²) in [7, 11) is 0. The van der Waals surface area contributed by atoms with Crippen LogP contribution in [0.25, 0.3) is 0 Å². The average Bonchev–Trinajstić information content (AvgIpc) is 2.17. The van der Waals surface area contributed by atoms with Gasteiger partial charge in [0, 0.05) is 5.56 Å². The van der Waals surface area contributed by atoms with Crippen LogP contribution in [0.2, 0.25) is 0 Å². The second kappa shape index (κ2) is 4.02. The molecule has 1 aromatic carbocycles. The lowest BCUT2D eigenvalue weighted by Crippen LogP contribution is -2.10. The van der Waals surface area contributed by atoms with E-state index in [2.05, 4.69) is 6.58 Å². The molecular formula is C10H10FNO2. The smallest absolute Gasteiger partial charge is 0.335 e. The highest BCUT2D eigenvalue weighted by Gasteiger charge is 2.11. The molecule has 0 bridgehead atoms. The van der Waals surface area contributed by atoms with Crippen LogP contribution in [-0.2, 0) is 0 Å². The summed E-state index contributed by atoms with van der Waals surface area (Å²) in [5.41, 5.74) is 5.66. The van der Waals surface area contributed by atoms with E-state index in [1.54, 1.807) is 0 Å². The maximum absolute atomic E-state index is 13.1. The lowest BCUT2D eigenvalue weighted by molar-refractivity contribution is 0.0696. The molecule has 4 heteroatoms. The van der Waals surface area contributed by atoms with Crippen LogP contribution in [0.15, 0.2) is 30.9 Å². The lowest BCUT2D eigenvalue weighted by Gasteiger charge is -2.08. The van der Waals surface area contributed by atoms with Gasteiger partial charge >= 0.3 is 5.97 Å². The minimum Gasteiger partial charge on any atom is -0.478 e. The van der Waals surface area contributed by atoms with E-state index in [0.717, 1.165) is 6.07 Å². The number of hydrogen-bond acceptors (Lipinski definition) is 2. The van der Waals surface area contributed by atoms with Crippen molar-refractivity contribution in [2.24, 2.45) is 5.73 Å². The van der Waals surface area contributed by atoms with Gasteiger partial charge in [0.25, 0.3) is 0 Å². The molecule has 0 saturated heterocycles. The first-order valence-electron chi connectivity index (χ1n) is 3.97. The fraction of sp³-hybridized carbons (Fsp3) is 0.100. The van der Waals surface area contributed by atoms with E-state index in [1.165, 1.54) is 18.2 Å². The van der Waals surface area contributed by atoms with E-state index in [4.69, 9.17) is 10.8 Å². The number of rotatable bonds is 3. The maximum atomic E-state index is 13.1. The summed E-state index contributed by atoms with van der Waals surface area (Å²) in [6, 6.07) is 2.80. The van der Waals surface area contributed by atoms with Crippen LogP contribution >= 0.6 is 0 Å². The summed E-state index contributed by atoms with van der Waals surface area (Å²) in [5.74, 6) is -1.63. The summed E-state index contributed by atoms with van der Waals surface area (Å²) >= 11 is 0. The van der Waals surface area contributed by atoms with E-state index < -0.39 is 17.8 Å². The van der Waals surface area contributed by atoms with Crippen LogP contribution in [0.4, 0.5) is 4.39 Å². The summed E-state index contributed by atoms with van der Waals surface area (Å²) in [6.45, 7) is 3.41. The van der Waals surface area contributed by atoms with Crippen molar-refractivity contribution in [3.05, 3.63) is 47.8 Å². The second-order valence-electron chi connectivity index (χ2n) is 2.80. The highest BCUT2D eigenvalue weighted by atomic mass is 19.1. The maximum Gasteiger partial charge on any atom is 0.335 e. The fourth-order valence-electron chi connectivity index (χ4n) is 1.06. The molecule has 0 fully saturated rings. The Morgan fingerprint density at radius 3 is 2.79 bits per heavy atom. The third-order valence-corrected chi connectivity index (χ3v) is 1.86. The van der Waals surface area contributed by atoms with Crippen LogP contribution in [0.1, 0.15) is 22.0 Å². The Balaban J connectivity index is 3.20. The van der Waals surface area contributed by atoms with Crippen LogP contribution in [0.3, 0.4) is 0 Å². The van der Waals surface area contributed by atoms with Crippen LogP contribution in [0, 0.1) is 5.82 Å². The molecule has 1 atom stereocenters. The van der Waals surface area contributed by atoms with Crippen LogP contribution < -0.4 is 5.73 Å². The third kappa shape index (κ3) is 1.97. The van der Waals surface area contributed by atoms with Gasteiger partial charge in [-0.25, -0.2) is 9.18 Å². The SMILES string of the molecule is C=C[C@@H](N)c1cc(C(=O)O)ccc1F. The highest BCUT2D eigenvalue weighted by molar-refractivity contribution is 5.87. The van der Waals surface area contributed by atoms with Crippen molar-refractivity contribution in [3.63, 3.8) is 0 Å². The molecule has 0 amide bonds. The zero-order chi connectivity index (χ0) is 10.7. The molecule has 0 saturated carbocycles. The first-order chi connectivity index (χ1) is 6.56. The van der Waals surface area contributed by atoms with Crippen molar-refractivity contribution in [3.8, 4) is 0 Å². The quantitative estimate of drug-likeness (QED) is 0.721. The number of halogens is 1. The Morgan fingerprint density at radius 2 is 2.29 bits per heavy atom. The molecule has 3 nitrogen and oxygen atoms in total. The number of hydrogen-bond donors (Lipinski definition) is 2. The summed E-state index contributed by atoms with van der Waals surface area (Å²) in [5, 5.41) is 8.67. The van der Waals surface area contributed by atoms with Gasteiger partial charge in [0.1, 0.15) is 5.82 Å². The molecule has 14 heavy (non-hydrogen) atoms. The first-order valence-corrected chi connectivity index (χ1v) is 3.97. The molecule has 1 rings (SSSR count). The molecule has 0 spiro atoms. The lowest BCUT2D eigenvalue weighted by atomic mass is 10.0. The van der Waals surface area contributed by atoms with E-state index >= 15 is 0 Å². The Morgan fingerprint density at radius 1 is 1.64 bits per heavy atom. The van der Waals surface area contributed by atoms with Gasteiger partial charge in [-0.2, -0.15) is 0 Å². The zero-order valence-corrected chi connectivity index (χ0v) is 7.40. The Bertz CT molecular complexity index is 376. The molecule has 0 aromatic heterocycles. The topological polar surface area (TPSA) is 63.3 Å². The van der Waals surface area contributed by atoms with Crippen molar-refractivity contribution < 1.29 is 14.3 Å². The predicted molar refractivity (Wildman–Crippen MR) is 50.5 cm³/mol. The van der Waals surface area contributed by atoms with E-state index in [-0.39, 0.29) is 11.1 Å². The number of carbonyl (C=O) groups is 1. The van der Waals surface area contributed by atoms with Gasteiger partial charge in [0.15, 0.2) is 0 Å². The van der Waals surface area contributed by atoms with Gasteiger partial charge in [0.2, 0.25) is 0 Å². The van der Waals surface area contributed by atoms with E-state index in [0.29, 0.717) is 0 Å². The van der Waals surface area contributed by atoms with Crippen molar-refractivity contribution in [1.29, 1.82) is 0 Å². The summed E-state index contributed by atoms with van der Waals surface area (Å²) in [4.78, 5) is 10.6. The van der Waals surface area contributed by atoms with Gasteiger partial charge in [-0.1, -0.05) is 6.08 Å². The largest absolute Gasteiger partial charge is 0.478 e. The third-order valence-electron chi connectivity index (χ3n) is 1.86. The number of benzene rings is 1. The van der Waals surface area contributed by atoms with Crippen molar-refractivity contribution in [2.75, 3.05) is 0 Å². The van der Waals surface area contributed by atoms with Crippen LogP contribution in [0.5, 0.6) is 0 Å². The number of aromatic carboxylic acids is 1. The molecule has 0 radical (unpaired) electrons. The van der Waals surface area contributed by atoms with Gasteiger partial charge < -0.3 is 10.8 Å². The molecule has 74 valence electrons. The number of carboxylic acid groups (broad SMARTS) is 1. The summed E-state index contributed by atoms with van der Waals surface area (Å²) < 4.78 is 13.1. The first kappa shape index (κ1) is 10.4. The van der Waals surface area contributed by atoms with Crippen LogP contribution in [-0.4, -0.2) is 11.1 Å². The molecule has 1 aromatic rings. The standard InChI is InChI=1S/C10H10FNO2/c1-2-9(12)7-5-6(10(13)14)3-4-8(7)11/h2-5,9H,1,12H2,(H,13,14)/t9-/m1/s1. The van der Waals surface area contributed by atoms with Gasteiger partial charge in [-0.05, 0) is 18.2 Å². The van der Waals surface area contributed by atoms with Gasteiger partial charge in [0.05, 0.1) is 11.6 Å². The molecule has 0 aliphatic rings. The van der Waals surface area contributed by atoms with E-state index in [1.807, 2.05) is 0 Å². The minimum atomic E-state index is -1.11. The average molecular weight is 195 g/mol. The zero-order valence-electron chi connectivity index (χ0n) is 7.40. The monoisotopic (exact) mass is 195 g/mol. The fourth-order valence-corrected chi connectivity index (χ4v) is 1.06. The molecule has 0 aliphatic heterocycles. The number of nitrogens with two attached hydrogens (primary N) is 1. The summed E-state index contributed by atoms with van der Waals surface area (Å²) in [6.07, 6.45) is 1.35.